The molecule has 0 bridgehead atoms. The molecular weight excluding hydrogens is 514 g/mol. The molecule has 1 aliphatic carbocycles. The van der Waals surface area contributed by atoms with E-state index < -0.39 is 17.2 Å². The normalized spacial score (nSPS) is 17.8. The van der Waals surface area contributed by atoms with E-state index in [9.17, 15) is 13.6 Å². The average Bonchev–Trinajstić information content (AvgIpc) is 3.54. The van der Waals surface area contributed by atoms with Crippen molar-refractivity contribution in [2.45, 2.75) is 44.8 Å². The van der Waals surface area contributed by atoms with Crippen LogP contribution in [0.4, 0.5) is 30.8 Å². The number of carbonyl (C=O) groups excluding carboxylic acids is 1. The monoisotopic (exact) mass is 540 g/mol. The highest BCUT2D eigenvalue weighted by Gasteiger charge is 2.54. The molecule has 2 aliphatic heterocycles. The van der Waals surface area contributed by atoms with Crippen LogP contribution in [0.1, 0.15) is 39.2 Å². The van der Waals surface area contributed by atoms with Gasteiger partial charge in [-0.25, -0.2) is 23.2 Å². The summed E-state index contributed by atoms with van der Waals surface area (Å²) < 4.78 is 36.5. The number of amidine groups is 1. The molecule has 1 spiro atoms. The standard InChI is InChI=1S/C27H27ClF2N6O2/c1-26(2,3)38-25(37)35-12-11-34(15-27(35)9-10-27)16-7-8-20-21(13-16)36-24(17(28)14-31-36)33-23(32-20)22-18(29)5-4-6-19(22)30/h4-8,13-14H,9-12,15H2,1-3H3,(H,32,33). The molecule has 1 N–H and O–H groups in total. The molecule has 8 nitrogen and oxygen atoms in total. The number of benzene rings is 2. The third-order valence-corrected chi connectivity index (χ3v) is 7.30. The minimum atomic E-state index is -0.740. The fourth-order valence-corrected chi connectivity index (χ4v) is 5.24. The van der Waals surface area contributed by atoms with Crippen molar-refractivity contribution in [2.75, 3.05) is 29.9 Å². The fraction of sp³-hybridized carbons (Fsp3) is 0.370. The Morgan fingerprint density at radius 3 is 2.55 bits per heavy atom. The summed E-state index contributed by atoms with van der Waals surface area (Å²) in [7, 11) is 0. The molecule has 2 fully saturated rings. The predicted molar refractivity (Wildman–Crippen MR) is 142 cm³/mol. The van der Waals surface area contributed by atoms with E-state index in [-0.39, 0.29) is 33.9 Å². The average molecular weight is 541 g/mol. The molecule has 3 heterocycles. The van der Waals surface area contributed by atoms with Crippen molar-refractivity contribution in [3.63, 3.8) is 0 Å². The minimum Gasteiger partial charge on any atom is -0.444 e. The number of halogens is 3. The topological polar surface area (TPSA) is 75.0 Å². The largest absolute Gasteiger partial charge is 0.444 e. The van der Waals surface area contributed by atoms with Crippen LogP contribution in [-0.4, -0.2) is 57.4 Å². The van der Waals surface area contributed by atoms with Crippen molar-refractivity contribution < 1.29 is 18.3 Å². The van der Waals surface area contributed by atoms with E-state index in [1.54, 1.807) is 4.68 Å². The number of anilines is 2. The van der Waals surface area contributed by atoms with E-state index in [0.717, 1.165) is 18.5 Å². The molecule has 3 aromatic rings. The van der Waals surface area contributed by atoms with Crippen molar-refractivity contribution in [2.24, 2.45) is 4.99 Å². The number of nitrogens with zero attached hydrogens (tertiary/aromatic N) is 5. The van der Waals surface area contributed by atoms with Gasteiger partial charge in [-0.2, -0.15) is 5.10 Å². The first-order valence-corrected chi connectivity index (χ1v) is 12.9. The summed E-state index contributed by atoms with van der Waals surface area (Å²) in [6.45, 7) is 7.46. The first-order valence-electron chi connectivity index (χ1n) is 12.5. The fourth-order valence-electron chi connectivity index (χ4n) is 5.07. The first kappa shape index (κ1) is 24.7. The van der Waals surface area contributed by atoms with E-state index in [0.29, 0.717) is 31.0 Å². The number of carbonyl (C=O) groups is 1. The van der Waals surface area contributed by atoms with Crippen LogP contribution in [0.25, 0.3) is 5.69 Å². The molecule has 1 saturated carbocycles. The smallest absolute Gasteiger partial charge is 0.410 e. The Morgan fingerprint density at radius 2 is 1.87 bits per heavy atom. The highest BCUT2D eigenvalue weighted by atomic mass is 35.5. The van der Waals surface area contributed by atoms with Crippen LogP contribution in [0.2, 0.25) is 5.02 Å². The summed E-state index contributed by atoms with van der Waals surface area (Å²) in [6, 6.07) is 9.39. The van der Waals surface area contributed by atoms with Gasteiger partial charge in [-0.05, 0) is 63.9 Å². The number of fused-ring (bicyclic) bond motifs is 3. The molecule has 1 amide bonds. The summed E-state index contributed by atoms with van der Waals surface area (Å²) in [4.78, 5) is 21.4. The van der Waals surface area contributed by atoms with Crippen molar-refractivity contribution in [3.8, 4) is 5.69 Å². The van der Waals surface area contributed by atoms with Gasteiger partial charge >= 0.3 is 6.09 Å². The summed E-state index contributed by atoms with van der Waals surface area (Å²) in [5.74, 6) is -1.22. The molecule has 198 valence electrons. The number of ether oxygens (including phenoxy) is 1. The lowest BCUT2D eigenvalue weighted by atomic mass is 10.1. The molecule has 1 aromatic heterocycles. The van der Waals surface area contributed by atoms with Gasteiger partial charge in [-0.15, -0.1) is 0 Å². The predicted octanol–water partition coefficient (Wildman–Crippen LogP) is 5.90. The summed E-state index contributed by atoms with van der Waals surface area (Å²) in [6.07, 6.45) is 3.01. The zero-order valence-electron chi connectivity index (χ0n) is 21.3. The maximum Gasteiger partial charge on any atom is 0.410 e. The Kier molecular flexibility index (Phi) is 5.64. The number of aliphatic imine (C=N–C) groups is 1. The van der Waals surface area contributed by atoms with Crippen molar-refractivity contribution >= 4 is 40.7 Å². The Balaban J connectivity index is 1.33. The van der Waals surface area contributed by atoms with E-state index in [1.807, 2.05) is 43.9 Å². The number of piperazine rings is 1. The number of amides is 1. The van der Waals surface area contributed by atoms with Gasteiger partial charge in [-0.1, -0.05) is 17.7 Å². The molecular formula is C27H27ClF2N6O2. The van der Waals surface area contributed by atoms with Crippen LogP contribution in [0.5, 0.6) is 0 Å². The Bertz CT molecular complexity index is 1460. The molecule has 2 aromatic carbocycles. The highest BCUT2D eigenvalue weighted by molar-refractivity contribution is 6.33. The Morgan fingerprint density at radius 1 is 1.13 bits per heavy atom. The van der Waals surface area contributed by atoms with Gasteiger partial charge in [0.1, 0.15) is 28.1 Å². The quantitative estimate of drug-likeness (QED) is 0.438. The van der Waals surface area contributed by atoms with Crippen LogP contribution in [-0.2, 0) is 4.74 Å². The lowest BCUT2D eigenvalue weighted by Crippen LogP contribution is -2.58. The van der Waals surface area contributed by atoms with Crippen molar-refractivity contribution in [1.29, 1.82) is 0 Å². The molecule has 1 saturated heterocycles. The van der Waals surface area contributed by atoms with Crippen molar-refractivity contribution in [1.82, 2.24) is 14.7 Å². The van der Waals surface area contributed by atoms with Gasteiger partial charge in [0.2, 0.25) is 0 Å². The maximum absolute atomic E-state index is 14.7. The second-order valence-electron chi connectivity index (χ2n) is 10.9. The number of hydrogen-bond donors (Lipinski definition) is 1. The van der Waals surface area contributed by atoms with Gasteiger partial charge in [0.15, 0.2) is 5.82 Å². The minimum absolute atomic E-state index is 0.00124. The second kappa shape index (κ2) is 8.69. The van der Waals surface area contributed by atoms with Crippen LogP contribution < -0.4 is 10.2 Å². The van der Waals surface area contributed by atoms with Gasteiger partial charge < -0.3 is 15.0 Å². The van der Waals surface area contributed by atoms with Crippen LogP contribution >= 0.6 is 11.6 Å². The zero-order chi connectivity index (χ0) is 26.8. The number of hydrogen-bond acceptors (Lipinski definition) is 6. The number of rotatable bonds is 2. The SMILES string of the molecule is CC(C)(C)OC(=O)N1CCN(c2ccc3c(c2)-n2ncc(Cl)c2N=C(c2c(F)cccc2F)N3)CC12CC2. The maximum atomic E-state index is 14.7. The lowest BCUT2D eigenvalue weighted by molar-refractivity contribution is 0.0106. The van der Waals surface area contributed by atoms with Gasteiger partial charge in [0, 0.05) is 25.3 Å². The molecule has 38 heavy (non-hydrogen) atoms. The molecule has 11 heteroatoms. The third-order valence-electron chi connectivity index (χ3n) is 7.04. The molecule has 6 rings (SSSR count). The van der Waals surface area contributed by atoms with Gasteiger partial charge in [0.25, 0.3) is 0 Å². The van der Waals surface area contributed by atoms with Gasteiger partial charge in [-0.3, -0.25) is 4.90 Å². The summed E-state index contributed by atoms with van der Waals surface area (Å²) in [5, 5.41) is 7.72. The van der Waals surface area contributed by atoms with E-state index in [2.05, 4.69) is 20.3 Å². The summed E-state index contributed by atoms with van der Waals surface area (Å²) in [5.41, 5.74) is 1.07. The van der Waals surface area contributed by atoms with Gasteiger partial charge in [0.05, 0.1) is 28.7 Å². The van der Waals surface area contributed by atoms with E-state index >= 15 is 0 Å². The van der Waals surface area contributed by atoms with Crippen LogP contribution in [0, 0.1) is 11.6 Å². The Labute approximate surface area is 223 Å². The zero-order valence-corrected chi connectivity index (χ0v) is 22.0. The number of aromatic nitrogens is 2. The highest BCUT2D eigenvalue weighted by Crippen LogP contribution is 2.46. The lowest BCUT2D eigenvalue weighted by Gasteiger charge is -2.43. The van der Waals surface area contributed by atoms with E-state index in [1.165, 1.54) is 24.4 Å². The second-order valence-corrected chi connectivity index (χ2v) is 11.3. The van der Waals surface area contributed by atoms with Crippen LogP contribution in [0.3, 0.4) is 0 Å². The molecule has 0 unspecified atom stereocenters. The number of nitrogens with one attached hydrogen (secondary N) is 1. The van der Waals surface area contributed by atoms with E-state index in [4.69, 9.17) is 16.3 Å². The van der Waals surface area contributed by atoms with Crippen LogP contribution in [0.15, 0.2) is 47.6 Å². The van der Waals surface area contributed by atoms with Crippen molar-refractivity contribution in [3.05, 3.63) is 64.8 Å². The molecule has 3 aliphatic rings. The molecule has 0 radical (unpaired) electrons. The first-order chi connectivity index (χ1) is 18.0. The third kappa shape index (κ3) is 4.26. The Hall–Kier alpha value is -3.66. The summed E-state index contributed by atoms with van der Waals surface area (Å²) >= 11 is 6.39. The molecule has 0 atom stereocenters.